The lowest BCUT2D eigenvalue weighted by Crippen LogP contribution is -2.33. The molecular weight excluding hydrogens is 219 g/mol. The number of hydrogen-bond acceptors (Lipinski definition) is 2. The molecule has 0 bridgehead atoms. The molecule has 1 atom stereocenters. The fraction of sp³-hybridized carbons (Fsp3) is 0.462. The Morgan fingerprint density at radius 1 is 1.59 bits per heavy atom. The van der Waals surface area contributed by atoms with Gasteiger partial charge in [-0.1, -0.05) is 6.07 Å². The number of rotatable bonds is 2. The first kappa shape index (κ1) is 12.0. The third kappa shape index (κ3) is 2.82. The van der Waals surface area contributed by atoms with Gasteiger partial charge in [0.1, 0.15) is 5.82 Å². The molecule has 2 N–H and O–H groups in total. The summed E-state index contributed by atoms with van der Waals surface area (Å²) in [6.07, 6.45) is 1.12. The van der Waals surface area contributed by atoms with E-state index in [1.165, 1.54) is 12.1 Å². The molecule has 0 radical (unpaired) electrons. The van der Waals surface area contributed by atoms with E-state index in [0.717, 1.165) is 17.5 Å². The third-order valence-corrected chi connectivity index (χ3v) is 3.23. The van der Waals surface area contributed by atoms with Crippen LogP contribution in [-0.4, -0.2) is 29.9 Å². The van der Waals surface area contributed by atoms with E-state index in [1.807, 2.05) is 6.92 Å². The molecule has 0 aromatic heterocycles. The van der Waals surface area contributed by atoms with Crippen molar-refractivity contribution in [1.82, 2.24) is 4.90 Å². The Bertz CT molecular complexity index is 433. The zero-order valence-electron chi connectivity index (χ0n) is 9.95. The van der Waals surface area contributed by atoms with E-state index in [9.17, 15) is 9.18 Å². The molecule has 1 aliphatic rings. The summed E-state index contributed by atoms with van der Waals surface area (Å²) >= 11 is 0. The number of benzene rings is 1. The van der Waals surface area contributed by atoms with E-state index in [-0.39, 0.29) is 24.2 Å². The van der Waals surface area contributed by atoms with Gasteiger partial charge >= 0.3 is 0 Å². The second-order valence-corrected chi connectivity index (χ2v) is 4.64. The molecule has 3 nitrogen and oxygen atoms in total. The number of carbonyl (C=O) groups is 1. The number of nitrogens with zero attached hydrogens (tertiary/aromatic N) is 1. The monoisotopic (exact) mass is 236 g/mol. The summed E-state index contributed by atoms with van der Waals surface area (Å²) in [6.45, 7) is 3.22. The second kappa shape index (κ2) is 4.84. The molecule has 0 saturated carbocycles. The molecular formula is C13H17FN2O. The molecule has 1 saturated heterocycles. The van der Waals surface area contributed by atoms with Crippen molar-refractivity contribution >= 4 is 5.91 Å². The van der Waals surface area contributed by atoms with Gasteiger partial charge in [0.25, 0.3) is 0 Å². The summed E-state index contributed by atoms with van der Waals surface area (Å²) in [7, 11) is 0. The highest BCUT2D eigenvalue weighted by molar-refractivity contribution is 5.79. The second-order valence-electron chi connectivity index (χ2n) is 4.64. The normalized spacial score (nSPS) is 19.7. The van der Waals surface area contributed by atoms with Crippen LogP contribution in [0.3, 0.4) is 0 Å². The van der Waals surface area contributed by atoms with Gasteiger partial charge < -0.3 is 10.6 Å². The zero-order chi connectivity index (χ0) is 12.4. The first-order valence-electron chi connectivity index (χ1n) is 5.84. The molecule has 1 amide bonds. The minimum absolute atomic E-state index is 0.0339. The molecule has 4 heteroatoms. The fourth-order valence-electron chi connectivity index (χ4n) is 2.12. The number of amides is 1. The fourth-order valence-corrected chi connectivity index (χ4v) is 2.12. The predicted molar refractivity (Wildman–Crippen MR) is 64.0 cm³/mol. The summed E-state index contributed by atoms with van der Waals surface area (Å²) in [4.78, 5) is 13.7. The summed E-state index contributed by atoms with van der Waals surface area (Å²) in [5, 5.41) is 0. The number of halogens is 1. The Kier molecular flexibility index (Phi) is 3.43. The standard InChI is InChI=1S/C13H17FN2O/c1-9-2-3-11(14)6-10(9)7-13(17)16-5-4-12(15)8-16/h2-3,6,12H,4-5,7-8,15H2,1H3. The molecule has 1 unspecified atom stereocenters. The average Bonchev–Trinajstić information content (AvgIpc) is 2.70. The van der Waals surface area contributed by atoms with Crippen molar-refractivity contribution in [3.63, 3.8) is 0 Å². The van der Waals surface area contributed by atoms with E-state index in [1.54, 1.807) is 11.0 Å². The lowest BCUT2D eigenvalue weighted by molar-refractivity contribution is -0.129. The van der Waals surface area contributed by atoms with Gasteiger partial charge in [0, 0.05) is 19.1 Å². The van der Waals surface area contributed by atoms with Gasteiger partial charge in [0.15, 0.2) is 0 Å². The number of carbonyl (C=O) groups excluding carboxylic acids is 1. The topological polar surface area (TPSA) is 46.3 Å². The van der Waals surface area contributed by atoms with Crippen molar-refractivity contribution in [2.45, 2.75) is 25.8 Å². The highest BCUT2D eigenvalue weighted by Gasteiger charge is 2.23. The van der Waals surface area contributed by atoms with Crippen molar-refractivity contribution in [3.05, 3.63) is 35.1 Å². The summed E-state index contributed by atoms with van der Waals surface area (Å²) in [5.41, 5.74) is 7.46. The smallest absolute Gasteiger partial charge is 0.227 e. The van der Waals surface area contributed by atoms with Crippen LogP contribution in [0.25, 0.3) is 0 Å². The molecule has 1 aromatic carbocycles. The van der Waals surface area contributed by atoms with E-state index in [4.69, 9.17) is 5.73 Å². The predicted octanol–water partition coefficient (Wildman–Crippen LogP) is 1.24. The van der Waals surface area contributed by atoms with Gasteiger partial charge in [0.05, 0.1) is 6.42 Å². The van der Waals surface area contributed by atoms with Crippen LogP contribution in [0.1, 0.15) is 17.5 Å². The molecule has 0 spiro atoms. The lowest BCUT2D eigenvalue weighted by Gasteiger charge is -2.16. The zero-order valence-corrected chi connectivity index (χ0v) is 9.95. The van der Waals surface area contributed by atoms with Crippen molar-refractivity contribution in [1.29, 1.82) is 0 Å². The van der Waals surface area contributed by atoms with Crippen LogP contribution in [0.5, 0.6) is 0 Å². The van der Waals surface area contributed by atoms with Gasteiger partial charge in [-0.25, -0.2) is 4.39 Å². The Hall–Kier alpha value is -1.42. The maximum absolute atomic E-state index is 13.1. The van der Waals surface area contributed by atoms with Crippen LogP contribution in [0.2, 0.25) is 0 Å². The Balaban J connectivity index is 2.05. The highest BCUT2D eigenvalue weighted by atomic mass is 19.1. The van der Waals surface area contributed by atoms with E-state index in [2.05, 4.69) is 0 Å². The first-order chi connectivity index (χ1) is 8.06. The van der Waals surface area contributed by atoms with Gasteiger partial charge in [-0.05, 0) is 36.6 Å². The highest BCUT2D eigenvalue weighted by Crippen LogP contribution is 2.14. The van der Waals surface area contributed by atoms with Crippen molar-refractivity contribution in [2.24, 2.45) is 5.73 Å². The Morgan fingerprint density at radius 2 is 2.35 bits per heavy atom. The van der Waals surface area contributed by atoms with Crippen LogP contribution < -0.4 is 5.73 Å². The largest absolute Gasteiger partial charge is 0.341 e. The van der Waals surface area contributed by atoms with Crippen LogP contribution >= 0.6 is 0 Å². The van der Waals surface area contributed by atoms with E-state index >= 15 is 0 Å². The van der Waals surface area contributed by atoms with Crippen LogP contribution in [-0.2, 0) is 11.2 Å². The van der Waals surface area contributed by atoms with Gasteiger partial charge in [-0.2, -0.15) is 0 Å². The molecule has 1 fully saturated rings. The number of aryl methyl sites for hydroxylation is 1. The van der Waals surface area contributed by atoms with Gasteiger partial charge in [-0.15, -0.1) is 0 Å². The molecule has 92 valence electrons. The lowest BCUT2D eigenvalue weighted by atomic mass is 10.1. The molecule has 1 heterocycles. The molecule has 17 heavy (non-hydrogen) atoms. The van der Waals surface area contributed by atoms with E-state index in [0.29, 0.717) is 13.1 Å². The summed E-state index contributed by atoms with van der Waals surface area (Å²) < 4.78 is 13.1. The minimum Gasteiger partial charge on any atom is -0.341 e. The van der Waals surface area contributed by atoms with E-state index < -0.39 is 0 Å². The maximum Gasteiger partial charge on any atom is 0.227 e. The molecule has 2 rings (SSSR count). The molecule has 1 aliphatic heterocycles. The summed E-state index contributed by atoms with van der Waals surface area (Å²) in [5.74, 6) is -0.261. The van der Waals surface area contributed by atoms with Crippen molar-refractivity contribution in [2.75, 3.05) is 13.1 Å². The quantitative estimate of drug-likeness (QED) is 0.839. The van der Waals surface area contributed by atoms with Gasteiger partial charge in [-0.3, -0.25) is 4.79 Å². The number of nitrogens with two attached hydrogens (primary N) is 1. The number of hydrogen-bond donors (Lipinski definition) is 1. The maximum atomic E-state index is 13.1. The summed E-state index contributed by atoms with van der Waals surface area (Å²) in [6, 6.07) is 4.64. The molecule has 1 aromatic rings. The van der Waals surface area contributed by atoms with Gasteiger partial charge in [0.2, 0.25) is 5.91 Å². The van der Waals surface area contributed by atoms with Crippen molar-refractivity contribution < 1.29 is 9.18 Å². The van der Waals surface area contributed by atoms with Crippen LogP contribution in [0.4, 0.5) is 4.39 Å². The Labute approximate surface area is 100 Å². The SMILES string of the molecule is Cc1ccc(F)cc1CC(=O)N1CCC(N)C1. The average molecular weight is 236 g/mol. The van der Waals surface area contributed by atoms with Crippen molar-refractivity contribution in [3.8, 4) is 0 Å². The van der Waals surface area contributed by atoms with Crippen LogP contribution in [0.15, 0.2) is 18.2 Å². The molecule has 0 aliphatic carbocycles. The van der Waals surface area contributed by atoms with Crippen LogP contribution in [0, 0.1) is 12.7 Å². The number of likely N-dealkylation sites (tertiary alicyclic amines) is 1. The minimum atomic E-state index is -0.295. The third-order valence-electron chi connectivity index (χ3n) is 3.23. The Morgan fingerprint density at radius 3 is 3.00 bits per heavy atom. The first-order valence-corrected chi connectivity index (χ1v) is 5.84.